The number of hydrogen-bond donors (Lipinski definition) is 2. The molecule has 28 heavy (non-hydrogen) atoms. The van der Waals surface area contributed by atoms with E-state index >= 15 is 0 Å². The fourth-order valence-electron chi connectivity index (χ4n) is 2.69. The minimum atomic E-state index is -0.177. The number of hydrogen-bond acceptors (Lipinski definition) is 4. The standard InChI is InChI=1S/C23H25N3O2/c1-23(2,3)17-7-5-16(6-8-17)22(27)26-21-14-11-19(15-24-21)25-18-9-12-20(28-4)13-10-18/h5-15,25H,1-4H3,(H,24,26,27). The molecule has 0 saturated carbocycles. The van der Waals surface area contributed by atoms with E-state index in [9.17, 15) is 4.79 Å². The molecule has 0 spiro atoms. The number of carbonyl (C=O) groups excluding carboxylic acids is 1. The number of nitrogens with one attached hydrogen (secondary N) is 2. The molecule has 0 radical (unpaired) electrons. The Morgan fingerprint density at radius 3 is 2.07 bits per heavy atom. The molecule has 0 atom stereocenters. The van der Waals surface area contributed by atoms with Crippen LogP contribution in [0.25, 0.3) is 0 Å². The van der Waals surface area contributed by atoms with E-state index < -0.39 is 0 Å². The van der Waals surface area contributed by atoms with E-state index in [4.69, 9.17) is 4.74 Å². The van der Waals surface area contributed by atoms with Crippen LogP contribution in [0.1, 0.15) is 36.7 Å². The lowest BCUT2D eigenvalue weighted by Crippen LogP contribution is -2.15. The highest BCUT2D eigenvalue weighted by molar-refractivity contribution is 6.03. The Morgan fingerprint density at radius 1 is 0.893 bits per heavy atom. The van der Waals surface area contributed by atoms with Gasteiger partial charge in [-0.25, -0.2) is 4.98 Å². The molecule has 1 heterocycles. The molecule has 0 bridgehead atoms. The van der Waals surface area contributed by atoms with E-state index in [0.29, 0.717) is 11.4 Å². The van der Waals surface area contributed by atoms with Crippen molar-refractivity contribution in [3.63, 3.8) is 0 Å². The predicted octanol–water partition coefficient (Wildman–Crippen LogP) is 5.38. The van der Waals surface area contributed by atoms with E-state index in [-0.39, 0.29) is 11.3 Å². The molecule has 3 aromatic rings. The SMILES string of the molecule is COc1ccc(Nc2ccc(NC(=O)c3ccc(C(C)(C)C)cc3)nc2)cc1. The summed E-state index contributed by atoms with van der Waals surface area (Å²) in [7, 11) is 1.64. The van der Waals surface area contributed by atoms with Crippen molar-refractivity contribution < 1.29 is 9.53 Å². The van der Waals surface area contributed by atoms with Crippen molar-refractivity contribution in [2.45, 2.75) is 26.2 Å². The summed E-state index contributed by atoms with van der Waals surface area (Å²) in [6, 6.07) is 18.9. The first-order chi connectivity index (χ1) is 13.3. The van der Waals surface area contributed by atoms with Gasteiger partial charge < -0.3 is 15.4 Å². The lowest BCUT2D eigenvalue weighted by molar-refractivity contribution is 0.102. The van der Waals surface area contributed by atoms with E-state index in [0.717, 1.165) is 17.1 Å². The fraction of sp³-hybridized carbons (Fsp3) is 0.217. The van der Waals surface area contributed by atoms with Gasteiger partial charge >= 0.3 is 0 Å². The minimum Gasteiger partial charge on any atom is -0.497 e. The van der Waals surface area contributed by atoms with Gasteiger partial charge in [-0.1, -0.05) is 32.9 Å². The van der Waals surface area contributed by atoms with Crippen molar-refractivity contribution in [3.8, 4) is 5.75 Å². The maximum absolute atomic E-state index is 12.4. The summed E-state index contributed by atoms with van der Waals surface area (Å²) in [6.45, 7) is 6.44. The second kappa shape index (κ2) is 8.13. The molecule has 3 rings (SSSR count). The molecule has 5 heteroatoms. The van der Waals surface area contributed by atoms with Crippen LogP contribution in [-0.4, -0.2) is 18.0 Å². The first kappa shape index (κ1) is 19.4. The number of rotatable bonds is 5. The van der Waals surface area contributed by atoms with Crippen molar-refractivity contribution in [2.75, 3.05) is 17.7 Å². The summed E-state index contributed by atoms with van der Waals surface area (Å²) < 4.78 is 5.15. The number of carbonyl (C=O) groups is 1. The average Bonchev–Trinajstić information content (AvgIpc) is 2.69. The number of nitrogens with zero attached hydrogens (tertiary/aromatic N) is 1. The zero-order chi connectivity index (χ0) is 20.1. The third-order valence-electron chi connectivity index (χ3n) is 4.40. The highest BCUT2D eigenvalue weighted by Crippen LogP contribution is 2.23. The smallest absolute Gasteiger partial charge is 0.256 e. The Labute approximate surface area is 165 Å². The first-order valence-electron chi connectivity index (χ1n) is 9.14. The van der Waals surface area contributed by atoms with Gasteiger partial charge in [0.25, 0.3) is 5.91 Å². The summed E-state index contributed by atoms with van der Waals surface area (Å²) >= 11 is 0. The molecule has 0 fully saturated rings. The van der Waals surface area contributed by atoms with Crippen LogP contribution in [0.5, 0.6) is 5.75 Å². The molecule has 144 valence electrons. The Bertz CT molecular complexity index is 926. The lowest BCUT2D eigenvalue weighted by atomic mass is 9.87. The van der Waals surface area contributed by atoms with Gasteiger partial charge in [0.2, 0.25) is 0 Å². The topological polar surface area (TPSA) is 63.2 Å². The van der Waals surface area contributed by atoms with Crippen molar-refractivity contribution in [2.24, 2.45) is 0 Å². The zero-order valence-electron chi connectivity index (χ0n) is 16.6. The number of ether oxygens (including phenoxy) is 1. The van der Waals surface area contributed by atoms with Gasteiger partial charge in [-0.15, -0.1) is 0 Å². The number of benzene rings is 2. The number of pyridine rings is 1. The molecule has 1 aromatic heterocycles. The van der Waals surface area contributed by atoms with Crippen LogP contribution in [0.3, 0.4) is 0 Å². The molecular weight excluding hydrogens is 350 g/mol. The minimum absolute atomic E-state index is 0.0588. The van der Waals surface area contributed by atoms with Gasteiger partial charge in [-0.2, -0.15) is 0 Å². The second-order valence-electron chi connectivity index (χ2n) is 7.57. The van der Waals surface area contributed by atoms with Gasteiger partial charge in [0.05, 0.1) is 19.0 Å². The average molecular weight is 375 g/mol. The highest BCUT2D eigenvalue weighted by atomic mass is 16.5. The molecular formula is C23H25N3O2. The number of anilines is 3. The summed E-state index contributed by atoms with van der Waals surface area (Å²) in [4.78, 5) is 16.7. The maximum Gasteiger partial charge on any atom is 0.256 e. The van der Waals surface area contributed by atoms with E-state index in [1.807, 2.05) is 54.6 Å². The molecule has 0 aliphatic heterocycles. The fourth-order valence-corrected chi connectivity index (χ4v) is 2.69. The normalized spacial score (nSPS) is 11.0. The number of aromatic nitrogens is 1. The van der Waals surface area contributed by atoms with Gasteiger partial charge in [-0.05, 0) is 59.5 Å². The summed E-state index contributed by atoms with van der Waals surface area (Å²) in [5, 5.41) is 6.09. The second-order valence-corrected chi connectivity index (χ2v) is 7.57. The Balaban J connectivity index is 1.62. The third kappa shape index (κ3) is 4.88. The maximum atomic E-state index is 12.4. The molecule has 2 N–H and O–H groups in total. The highest BCUT2D eigenvalue weighted by Gasteiger charge is 2.14. The molecule has 0 aliphatic rings. The monoisotopic (exact) mass is 375 g/mol. The first-order valence-corrected chi connectivity index (χ1v) is 9.14. The predicted molar refractivity (Wildman–Crippen MR) is 114 cm³/mol. The van der Waals surface area contributed by atoms with Gasteiger partial charge in [-0.3, -0.25) is 4.79 Å². The molecule has 2 aromatic carbocycles. The van der Waals surface area contributed by atoms with E-state index in [1.165, 1.54) is 5.56 Å². The zero-order valence-corrected chi connectivity index (χ0v) is 16.6. The molecule has 0 unspecified atom stereocenters. The van der Waals surface area contributed by atoms with Gasteiger partial charge in [0.1, 0.15) is 11.6 Å². The van der Waals surface area contributed by atoms with Gasteiger partial charge in [0.15, 0.2) is 0 Å². The van der Waals surface area contributed by atoms with Crippen LogP contribution in [0, 0.1) is 0 Å². The van der Waals surface area contributed by atoms with Crippen molar-refractivity contribution in [1.82, 2.24) is 4.98 Å². The van der Waals surface area contributed by atoms with Crippen molar-refractivity contribution in [3.05, 3.63) is 78.0 Å². The van der Waals surface area contributed by atoms with Crippen LogP contribution in [0.15, 0.2) is 66.9 Å². The Hall–Kier alpha value is -3.34. The number of amides is 1. The molecule has 0 saturated heterocycles. The summed E-state index contributed by atoms with van der Waals surface area (Å²) in [5.74, 6) is 1.13. The third-order valence-corrected chi connectivity index (χ3v) is 4.40. The van der Waals surface area contributed by atoms with E-state index in [2.05, 4.69) is 36.4 Å². The quantitative estimate of drug-likeness (QED) is 0.628. The number of methoxy groups -OCH3 is 1. The molecule has 0 aliphatic carbocycles. The van der Waals surface area contributed by atoms with Crippen LogP contribution >= 0.6 is 0 Å². The summed E-state index contributed by atoms with van der Waals surface area (Å²) in [6.07, 6.45) is 1.68. The molecule has 5 nitrogen and oxygen atoms in total. The van der Waals surface area contributed by atoms with Gasteiger partial charge in [0, 0.05) is 11.3 Å². The molecule has 1 amide bonds. The largest absolute Gasteiger partial charge is 0.497 e. The van der Waals surface area contributed by atoms with Crippen molar-refractivity contribution >= 4 is 23.1 Å². The van der Waals surface area contributed by atoms with Crippen molar-refractivity contribution in [1.29, 1.82) is 0 Å². The summed E-state index contributed by atoms with van der Waals surface area (Å²) in [5.41, 5.74) is 3.62. The van der Waals surface area contributed by atoms with Crippen LogP contribution < -0.4 is 15.4 Å². The van der Waals surface area contributed by atoms with E-state index in [1.54, 1.807) is 19.4 Å². The van der Waals surface area contributed by atoms with Crippen LogP contribution in [0.2, 0.25) is 0 Å². The van der Waals surface area contributed by atoms with Crippen LogP contribution in [-0.2, 0) is 5.41 Å². The van der Waals surface area contributed by atoms with Crippen LogP contribution in [0.4, 0.5) is 17.2 Å². The lowest BCUT2D eigenvalue weighted by Gasteiger charge is -2.19. The Morgan fingerprint density at radius 2 is 1.54 bits per heavy atom. The Kier molecular flexibility index (Phi) is 5.64.